The number of fused-ring (bicyclic) bond motifs is 1. The predicted molar refractivity (Wildman–Crippen MR) is 98.6 cm³/mol. The Morgan fingerprint density at radius 1 is 1.19 bits per heavy atom. The van der Waals surface area contributed by atoms with Crippen LogP contribution in [0.25, 0.3) is 0 Å². The van der Waals surface area contributed by atoms with Gasteiger partial charge in [-0.05, 0) is 50.9 Å². The summed E-state index contributed by atoms with van der Waals surface area (Å²) in [5.74, 6) is 1.52. The predicted octanol–water partition coefficient (Wildman–Crippen LogP) is 2.83. The molecule has 26 heavy (non-hydrogen) atoms. The van der Waals surface area contributed by atoms with Crippen LogP contribution in [-0.2, 0) is 16.6 Å². The van der Waals surface area contributed by atoms with E-state index in [1.165, 1.54) is 5.56 Å². The number of benzene rings is 1. The van der Waals surface area contributed by atoms with E-state index in [9.17, 15) is 5.26 Å². The summed E-state index contributed by atoms with van der Waals surface area (Å²) in [7, 11) is 7.37. The van der Waals surface area contributed by atoms with Crippen LogP contribution in [0.1, 0.15) is 30.4 Å². The lowest BCUT2D eigenvalue weighted by Gasteiger charge is -2.63. The van der Waals surface area contributed by atoms with Crippen LogP contribution in [0.3, 0.4) is 0 Å². The Labute approximate surface area is 155 Å². The van der Waals surface area contributed by atoms with Crippen LogP contribution in [0.5, 0.6) is 11.5 Å². The van der Waals surface area contributed by atoms with Gasteiger partial charge >= 0.3 is 0 Å². The highest BCUT2D eigenvalue weighted by Crippen LogP contribution is 2.61. The normalized spacial score (nSPS) is 32.7. The van der Waals surface area contributed by atoms with Crippen molar-refractivity contribution >= 4 is 0 Å². The zero-order valence-corrected chi connectivity index (χ0v) is 16.0. The monoisotopic (exact) mass is 354 g/mol. The fraction of sp³-hybridized carbons (Fsp3) is 0.571. The molecule has 3 atom stereocenters. The van der Waals surface area contributed by atoms with Crippen LogP contribution in [0.15, 0.2) is 23.8 Å². The Balaban J connectivity index is 2.09. The summed E-state index contributed by atoms with van der Waals surface area (Å²) in [6.45, 7) is 0.963. The van der Waals surface area contributed by atoms with E-state index in [1.54, 1.807) is 14.2 Å². The van der Waals surface area contributed by atoms with Crippen LogP contribution in [0.2, 0.25) is 0 Å². The molecule has 2 bridgehead atoms. The van der Waals surface area contributed by atoms with Crippen LogP contribution in [0, 0.1) is 11.3 Å². The molecule has 3 aliphatic rings. The van der Waals surface area contributed by atoms with Crippen molar-refractivity contribution in [3.05, 3.63) is 34.9 Å². The molecule has 0 aromatic heterocycles. The first-order valence-corrected chi connectivity index (χ1v) is 9.18. The Morgan fingerprint density at radius 2 is 2.00 bits per heavy atom. The van der Waals surface area contributed by atoms with Crippen molar-refractivity contribution in [1.29, 1.82) is 5.26 Å². The van der Waals surface area contributed by atoms with Gasteiger partial charge in [0.05, 0.1) is 31.3 Å². The Morgan fingerprint density at radius 3 is 2.65 bits per heavy atom. The van der Waals surface area contributed by atoms with E-state index in [1.807, 2.05) is 13.2 Å². The average Bonchev–Trinajstić information content (AvgIpc) is 2.68. The molecule has 1 fully saturated rings. The lowest BCUT2D eigenvalue weighted by molar-refractivity contribution is -0.155. The second kappa shape index (κ2) is 6.00. The summed E-state index contributed by atoms with van der Waals surface area (Å²) in [5.41, 5.74) is 2.54. The van der Waals surface area contributed by atoms with Gasteiger partial charge in [0.25, 0.3) is 0 Å². The molecule has 1 heterocycles. The largest absolute Gasteiger partial charge is 0.493 e. The van der Waals surface area contributed by atoms with Crippen molar-refractivity contribution in [2.24, 2.45) is 0 Å². The van der Waals surface area contributed by atoms with Crippen LogP contribution < -0.4 is 9.47 Å². The first-order chi connectivity index (χ1) is 12.6. The van der Waals surface area contributed by atoms with Gasteiger partial charge in [0.1, 0.15) is 0 Å². The topological polar surface area (TPSA) is 54.7 Å². The first-order valence-electron chi connectivity index (χ1n) is 9.18. The molecule has 0 radical (unpaired) electrons. The minimum Gasteiger partial charge on any atom is -0.493 e. The Hall–Kier alpha value is -2.03. The van der Waals surface area contributed by atoms with E-state index in [0.29, 0.717) is 0 Å². The molecule has 0 amide bonds. The fourth-order valence-corrected chi connectivity index (χ4v) is 5.72. The van der Waals surface area contributed by atoms with Crippen LogP contribution >= 0.6 is 0 Å². The molecule has 5 nitrogen and oxygen atoms in total. The minimum atomic E-state index is -0.365. The minimum absolute atomic E-state index is 0.281. The lowest BCUT2D eigenvalue weighted by atomic mass is 9.50. The molecular weight excluding hydrogens is 328 g/mol. The number of ether oxygens (including phenoxy) is 3. The smallest absolute Gasteiger partial charge is 0.165 e. The summed E-state index contributed by atoms with van der Waals surface area (Å²) in [6, 6.07) is 6.82. The summed E-state index contributed by atoms with van der Waals surface area (Å²) >= 11 is 0. The third-order valence-corrected chi connectivity index (χ3v) is 6.87. The molecule has 0 unspecified atom stereocenters. The number of likely N-dealkylation sites (tertiary alicyclic amines) is 1. The molecule has 1 saturated heterocycles. The van der Waals surface area contributed by atoms with Gasteiger partial charge in [-0.1, -0.05) is 12.1 Å². The van der Waals surface area contributed by atoms with Crippen molar-refractivity contribution in [3.63, 3.8) is 0 Å². The van der Waals surface area contributed by atoms with Gasteiger partial charge in [-0.2, -0.15) is 5.26 Å². The number of likely N-dealkylation sites (N-methyl/N-ethyl adjacent to an activating group) is 1. The van der Waals surface area contributed by atoms with Gasteiger partial charge in [-0.15, -0.1) is 0 Å². The molecule has 1 aliphatic heterocycles. The molecule has 138 valence electrons. The molecule has 4 rings (SSSR count). The zero-order valence-electron chi connectivity index (χ0n) is 16.0. The lowest BCUT2D eigenvalue weighted by Crippen LogP contribution is -2.71. The van der Waals surface area contributed by atoms with Gasteiger partial charge in [-0.25, -0.2) is 0 Å². The fourth-order valence-electron chi connectivity index (χ4n) is 5.72. The van der Waals surface area contributed by atoms with Crippen molar-refractivity contribution in [1.82, 2.24) is 4.90 Å². The maximum absolute atomic E-state index is 9.63. The van der Waals surface area contributed by atoms with E-state index in [-0.39, 0.29) is 17.1 Å². The quantitative estimate of drug-likeness (QED) is 0.835. The number of rotatable bonds is 3. The van der Waals surface area contributed by atoms with Crippen LogP contribution in [-0.4, -0.2) is 51.5 Å². The number of nitrogens with zero attached hydrogens (tertiary/aromatic N) is 2. The summed E-state index contributed by atoms with van der Waals surface area (Å²) < 4.78 is 17.8. The van der Waals surface area contributed by atoms with Gasteiger partial charge in [0.15, 0.2) is 11.5 Å². The average molecular weight is 354 g/mol. The maximum atomic E-state index is 9.63. The van der Waals surface area contributed by atoms with Crippen LogP contribution in [0.4, 0.5) is 0 Å². The van der Waals surface area contributed by atoms with E-state index < -0.39 is 0 Å². The molecule has 1 aromatic rings. The highest BCUT2D eigenvalue weighted by molar-refractivity contribution is 5.62. The molecule has 0 saturated carbocycles. The second-order valence-corrected chi connectivity index (χ2v) is 7.63. The van der Waals surface area contributed by atoms with E-state index in [0.717, 1.165) is 54.9 Å². The Bertz CT molecular complexity index is 812. The van der Waals surface area contributed by atoms with Gasteiger partial charge in [-0.3, -0.25) is 0 Å². The molecule has 1 aromatic carbocycles. The van der Waals surface area contributed by atoms with E-state index >= 15 is 0 Å². The number of hydrogen-bond donors (Lipinski definition) is 0. The number of methoxy groups -OCH3 is 3. The van der Waals surface area contributed by atoms with Crippen molar-refractivity contribution in [3.8, 4) is 17.6 Å². The number of nitriles is 1. The molecule has 5 heteroatoms. The second-order valence-electron chi connectivity index (χ2n) is 7.63. The summed E-state index contributed by atoms with van der Waals surface area (Å²) in [6.07, 6.45) is 5.60. The van der Waals surface area contributed by atoms with Gasteiger partial charge in [0, 0.05) is 24.3 Å². The van der Waals surface area contributed by atoms with Crippen molar-refractivity contribution < 1.29 is 14.2 Å². The van der Waals surface area contributed by atoms with Crippen molar-refractivity contribution in [2.75, 3.05) is 34.9 Å². The van der Waals surface area contributed by atoms with Crippen molar-refractivity contribution in [2.45, 2.75) is 42.7 Å². The number of piperidine rings is 1. The summed E-state index contributed by atoms with van der Waals surface area (Å²) in [5, 5.41) is 9.63. The van der Waals surface area contributed by atoms with E-state index in [2.05, 4.69) is 30.2 Å². The molecule has 0 spiro atoms. The number of allylic oxidation sites excluding steroid dienone is 1. The standard InChI is InChI=1S/C21H26N2O3/c1-23-10-9-20-12-14(13-22)7-8-21(20,26-4)17(23)11-15-5-6-16(24-2)19(25-3)18(15)20/h5-6,12,17H,7-11H2,1-4H3/t17-,20-,21+/m0/s1. The van der Waals surface area contributed by atoms with Gasteiger partial charge < -0.3 is 19.1 Å². The maximum Gasteiger partial charge on any atom is 0.165 e. The highest BCUT2D eigenvalue weighted by atomic mass is 16.5. The highest BCUT2D eigenvalue weighted by Gasteiger charge is 2.64. The van der Waals surface area contributed by atoms with Gasteiger partial charge in [0.2, 0.25) is 0 Å². The molecule has 2 aliphatic carbocycles. The zero-order chi connectivity index (χ0) is 18.5. The number of hydrogen-bond acceptors (Lipinski definition) is 5. The third-order valence-electron chi connectivity index (χ3n) is 6.87. The molecule has 0 N–H and O–H groups in total. The molecular formula is C21H26N2O3. The SMILES string of the molecule is COc1ccc2c(c1OC)[C@]13C=C(C#N)CC[C@@]1(OC)[C@H](C2)N(C)CC3. The Kier molecular flexibility index (Phi) is 4.02. The first kappa shape index (κ1) is 17.4. The summed E-state index contributed by atoms with van der Waals surface area (Å²) in [4.78, 5) is 2.42. The third kappa shape index (κ3) is 1.97. The van der Waals surface area contributed by atoms with E-state index in [4.69, 9.17) is 14.2 Å².